The van der Waals surface area contributed by atoms with Gasteiger partial charge in [-0.15, -0.1) is 0 Å². The van der Waals surface area contributed by atoms with Gasteiger partial charge in [0, 0.05) is 18.5 Å². The minimum atomic E-state index is 0.458. The van der Waals surface area contributed by atoms with E-state index in [4.69, 9.17) is 21.1 Å². The Morgan fingerprint density at radius 3 is 2.70 bits per heavy atom. The lowest BCUT2D eigenvalue weighted by Crippen LogP contribution is -2.36. The minimum Gasteiger partial charge on any atom is -0.495 e. The van der Waals surface area contributed by atoms with Crippen LogP contribution in [0.1, 0.15) is 5.82 Å². The van der Waals surface area contributed by atoms with Gasteiger partial charge in [0.1, 0.15) is 16.7 Å². The van der Waals surface area contributed by atoms with Gasteiger partial charge in [-0.2, -0.15) is 0 Å². The highest BCUT2D eigenvalue weighted by atomic mass is 35.5. The molecule has 0 spiro atoms. The lowest BCUT2D eigenvalue weighted by atomic mass is 10.2. The first kappa shape index (κ1) is 13.4. The van der Waals surface area contributed by atoms with E-state index < -0.39 is 0 Å². The van der Waals surface area contributed by atoms with Crippen molar-refractivity contribution in [1.29, 1.82) is 0 Å². The van der Waals surface area contributed by atoms with Crippen LogP contribution >= 0.6 is 11.6 Å². The van der Waals surface area contributed by atoms with Crippen molar-refractivity contribution >= 4 is 28.2 Å². The number of aryl methyl sites for hydroxylation is 1. The number of hydrogen-bond acceptors (Lipinski definition) is 5. The molecule has 6 heteroatoms. The van der Waals surface area contributed by atoms with Gasteiger partial charge in [0.15, 0.2) is 0 Å². The van der Waals surface area contributed by atoms with Crippen molar-refractivity contribution in [2.24, 2.45) is 0 Å². The molecule has 106 valence electrons. The highest BCUT2D eigenvalue weighted by molar-refractivity contribution is 6.34. The molecule has 2 heterocycles. The number of benzene rings is 1. The molecule has 1 aliphatic heterocycles. The van der Waals surface area contributed by atoms with E-state index in [9.17, 15) is 0 Å². The number of nitrogens with zero attached hydrogens (tertiary/aromatic N) is 3. The predicted molar refractivity (Wildman–Crippen MR) is 78.9 cm³/mol. The Labute approximate surface area is 122 Å². The van der Waals surface area contributed by atoms with Gasteiger partial charge in [-0.3, -0.25) is 0 Å². The van der Waals surface area contributed by atoms with Gasteiger partial charge in [-0.1, -0.05) is 11.6 Å². The number of aromatic nitrogens is 2. The second-order valence-electron chi connectivity index (χ2n) is 4.70. The maximum absolute atomic E-state index is 6.19. The molecule has 2 aromatic rings. The summed E-state index contributed by atoms with van der Waals surface area (Å²) in [6.07, 6.45) is 0. The standard InChI is InChI=1S/C14H16ClN3O2/c1-9-16-11-8-12(18-3-5-20-6-4-18)13(19-2)7-10(11)14(15)17-9/h7-8H,3-6H2,1-2H3. The fourth-order valence-electron chi connectivity index (χ4n) is 2.43. The maximum Gasteiger partial charge on any atom is 0.143 e. The summed E-state index contributed by atoms with van der Waals surface area (Å²) >= 11 is 6.19. The number of methoxy groups -OCH3 is 1. The smallest absolute Gasteiger partial charge is 0.143 e. The summed E-state index contributed by atoms with van der Waals surface area (Å²) in [5, 5.41) is 1.27. The highest BCUT2D eigenvalue weighted by Gasteiger charge is 2.18. The quantitative estimate of drug-likeness (QED) is 0.796. The SMILES string of the molecule is COc1cc2c(Cl)nc(C)nc2cc1N1CCOCC1. The van der Waals surface area contributed by atoms with Crippen LogP contribution in [0.5, 0.6) is 5.75 Å². The molecule has 1 fully saturated rings. The molecule has 0 saturated carbocycles. The fourth-order valence-corrected chi connectivity index (χ4v) is 2.71. The molecule has 5 nitrogen and oxygen atoms in total. The van der Waals surface area contributed by atoms with Gasteiger partial charge in [-0.25, -0.2) is 9.97 Å². The van der Waals surface area contributed by atoms with Crippen LogP contribution < -0.4 is 9.64 Å². The van der Waals surface area contributed by atoms with Crippen LogP contribution in [0.15, 0.2) is 12.1 Å². The van der Waals surface area contributed by atoms with Crippen LogP contribution in [0.3, 0.4) is 0 Å². The number of rotatable bonds is 2. The Morgan fingerprint density at radius 2 is 2.00 bits per heavy atom. The lowest BCUT2D eigenvalue weighted by molar-refractivity contribution is 0.122. The number of halogens is 1. The zero-order valence-electron chi connectivity index (χ0n) is 11.5. The molecule has 1 aromatic heterocycles. The molecular weight excluding hydrogens is 278 g/mol. The molecule has 0 bridgehead atoms. The molecule has 20 heavy (non-hydrogen) atoms. The summed E-state index contributed by atoms with van der Waals surface area (Å²) in [5.41, 5.74) is 1.86. The second kappa shape index (κ2) is 5.42. The third-order valence-electron chi connectivity index (χ3n) is 3.41. The van der Waals surface area contributed by atoms with Gasteiger partial charge in [-0.05, 0) is 19.1 Å². The molecule has 0 aliphatic carbocycles. The molecule has 1 aliphatic rings. The van der Waals surface area contributed by atoms with E-state index in [1.54, 1.807) is 7.11 Å². The van der Waals surface area contributed by atoms with Crippen molar-refractivity contribution in [3.8, 4) is 5.75 Å². The van der Waals surface area contributed by atoms with Crippen LogP contribution in [-0.2, 0) is 4.74 Å². The molecular formula is C14H16ClN3O2. The van der Waals surface area contributed by atoms with Crippen LogP contribution in [0.2, 0.25) is 5.15 Å². The van der Waals surface area contributed by atoms with Crippen molar-refractivity contribution in [2.75, 3.05) is 38.3 Å². The summed E-state index contributed by atoms with van der Waals surface area (Å²) in [6.45, 7) is 4.98. The van der Waals surface area contributed by atoms with Crippen LogP contribution in [0.25, 0.3) is 10.9 Å². The largest absolute Gasteiger partial charge is 0.495 e. The van der Waals surface area contributed by atoms with Crippen LogP contribution in [0, 0.1) is 6.92 Å². The van der Waals surface area contributed by atoms with E-state index in [0.717, 1.165) is 48.6 Å². The monoisotopic (exact) mass is 293 g/mol. The molecule has 3 rings (SSSR count). The van der Waals surface area contributed by atoms with E-state index in [1.165, 1.54) is 0 Å². The summed E-state index contributed by atoms with van der Waals surface area (Å²) in [7, 11) is 1.66. The average molecular weight is 294 g/mol. The summed E-state index contributed by atoms with van der Waals surface area (Å²) < 4.78 is 10.9. The number of fused-ring (bicyclic) bond motifs is 1. The van der Waals surface area contributed by atoms with Gasteiger partial charge in [0.2, 0.25) is 0 Å². The van der Waals surface area contributed by atoms with Gasteiger partial charge < -0.3 is 14.4 Å². The molecule has 0 radical (unpaired) electrons. The van der Waals surface area contributed by atoms with Gasteiger partial charge in [0.25, 0.3) is 0 Å². The summed E-state index contributed by atoms with van der Waals surface area (Å²) in [6, 6.07) is 3.92. The predicted octanol–water partition coefficient (Wildman–Crippen LogP) is 2.44. The van der Waals surface area contributed by atoms with E-state index in [-0.39, 0.29) is 0 Å². The Hall–Kier alpha value is -1.59. The normalized spacial score (nSPS) is 15.7. The topological polar surface area (TPSA) is 47.5 Å². The second-order valence-corrected chi connectivity index (χ2v) is 5.06. The zero-order valence-corrected chi connectivity index (χ0v) is 12.3. The number of anilines is 1. The fraction of sp³-hybridized carbons (Fsp3) is 0.429. The van der Waals surface area contributed by atoms with Crippen molar-refractivity contribution in [2.45, 2.75) is 6.92 Å². The number of hydrogen-bond donors (Lipinski definition) is 0. The molecule has 0 amide bonds. The van der Waals surface area contributed by atoms with Crippen LogP contribution in [0.4, 0.5) is 5.69 Å². The lowest BCUT2D eigenvalue weighted by Gasteiger charge is -2.30. The molecule has 0 N–H and O–H groups in total. The number of ether oxygens (including phenoxy) is 2. The van der Waals surface area contributed by atoms with Crippen molar-refractivity contribution < 1.29 is 9.47 Å². The van der Waals surface area contributed by atoms with E-state index >= 15 is 0 Å². The van der Waals surface area contributed by atoms with Gasteiger partial charge in [0.05, 0.1) is 31.5 Å². The Morgan fingerprint density at radius 1 is 1.25 bits per heavy atom. The molecule has 1 aromatic carbocycles. The zero-order chi connectivity index (χ0) is 14.1. The van der Waals surface area contributed by atoms with Crippen molar-refractivity contribution in [1.82, 2.24) is 9.97 Å². The highest BCUT2D eigenvalue weighted by Crippen LogP contribution is 2.35. The first-order valence-electron chi connectivity index (χ1n) is 6.53. The van der Waals surface area contributed by atoms with Gasteiger partial charge >= 0.3 is 0 Å². The first-order valence-corrected chi connectivity index (χ1v) is 6.91. The van der Waals surface area contributed by atoms with Crippen LogP contribution in [-0.4, -0.2) is 43.4 Å². The van der Waals surface area contributed by atoms with E-state index in [0.29, 0.717) is 11.0 Å². The molecule has 0 unspecified atom stereocenters. The van der Waals surface area contributed by atoms with Crippen molar-refractivity contribution in [3.05, 3.63) is 23.1 Å². The summed E-state index contributed by atoms with van der Waals surface area (Å²) in [4.78, 5) is 10.9. The molecule has 0 atom stereocenters. The Bertz CT molecular complexity index is 642. The first-order chi connectivity index (χ1) is 9.69. The average Bonchev–Trinajstić information content (AvgIpc) is 2.47. The maximum atomic E-state index is 6.19. The van der Waals surface area contributed by atoms with E-state index in [1.807, 2.05) is 19.1 Å². The summed E-state index contributed by atoms with van der Waals surface area (Å²) in [5.74, 6) is 1.45. The van der Waals surface area contributed by atoms with Crippen molar-refractivity contribution in [3.63, 3.8) is 0 Å². The third-order valence-corrected chi connectivity index (χ3v) is 3.70. The Kier molecular flexibility index (Phi) is 3.63. The van der Waals surface area contributed by atoms with E-state index in [2.05, 4.69) is 14.9 Å². The molecule has 1 saturated heterocycles. The number of morpholine rings is 1. The third kappa shape index (κ3) is 2.39. The minimum absolute atomic E-state index is 0.458. The Balaban J connectivity index is 2.15.